The summed E-state index contributed by atoms with van der Waals surface area (Å²) in [7, 11) is 0. The number of hydrogen-bond acceptors (Lipinski definition) is 9. The number of hydrogen-bond donors (Lipinski definition) is 1. The Kier molecular flexibility index (Phi) is 4.56. The number of nitrogen functional groups attached to an aromatic ring is 1. The zero-order chi connectivity index (χ0) is 16.4. The van der Waals surface area contributed by atoms with E-state index in [1.807, 2.05) is 23.7 Å². The fourth-order valence-electron chi connectivity index (χ4n) is 2.74. The van der Waals surface area contributed by atoms with Gasteiger partial charge in [-0.15, -0.1) is 22.7 Å². The first-order chi connectivity index (χ1) is 11.8. The summed E-state index contributed by atoms with van der Waals surface area (Å²) in [6.07, 6.45) is 1.87. The van der Waals surface area contributed by atoms with E-state index in [-0.39, 0.29) is 0 Å². The SMILES string of the molecule is Nc1ncc(CN2CCN(Cc3nc(-c4cccs4)no3)CC2)s1. The van der Waals surface area contributed by atoms with Gasteiger partial charge in [-0.3, -0.25) is 9.80 Å². The van der Waals surface area contributed by atoms with Crippen molar-refractivity contribution in [3.05, 3.63) is 34.5 Å². The molecule has 0 spiro atoms. The highest BCUT2D eigenvalue weighted by atomic mass is 32.1. The van der Waals surface area contributed by atoms with Crippen LogP contribution in [0.2, 0.25) is 0 Å². The third-order valence-corrected chi connectivity index (χ3v) is 5.66. The van der Waals surface area contributed by atoms with Gasteiger partial charge in [0.05, 0.1) is 11.4 Å². The summed E-state index contributed by atoms with van der Waals surface area (Å²) in [4.78, 5) is 15.6. The monoisotopic (exact) mass is 362 g/mol. The molecule has 1 aliphatic rings. The minimum Gasteiger partial charge on any atom is -0.375 e. The van der Waals surface area contributed by atoms with Crippen molar-refractivity contribution in [2.24, 2.45) is 0 Å². The molecule has 0 aromatic carbocycles. The molecule has 4 rings (SSSR count). The van der Waals surface area contributed by atoms with Crippen molar-refractivity contribution >= 4 is 27.8 Å². The zero-order valence-corrected chi connectivity index (χ0v) is 14.7. The number of nitrogens with zero attached hydrogens (tertiary/aromatic N) is 5. The van der Waals surface area contributed by atoms with Crippen LogP contribution < -0.4 is 5.73 Å². The van der Waals surface area contributed by atoms with Gasteiger partial charge in [-0.1, -0.05) is 11.2 Å². The fraction of sp³-hybridized carbons (Fsp3) is 0.400. The highest BCUT2D eigenvalue weighted by Crippen LogP contribution is 2.22. The summed E-state index contributed by atoms with van der Waals surface area (Å²) in [6, 6.07) is 4.00. The molecule has 126 valence electrons. The highest BCUT2D eigenvalue weighted by molar-refractivity contribution is 7.15. The van der Waals surface area contributed by atoms with Crippen LogP contribution in [0.5, 0.6) is 0 Å². The maximum atomic E-state index is 5.69. The van der Waals surface area contributed by atoms with E-state index in [9.17, 15) is 0 Å². The molecule has 3 aromatic heterocycles. The van der Waals surface area contributed by atoms with Gasteiger partial charge in [0, 0.05) is 43.8 Å². The second-order valence-corrected chi connectivity index (χ2v) is 7.80. The average Bonchev–Trinajstić information content (AvgIpc) is 3.31. The molecule has 24 heavy (non-hydrogen) atoms. The van der Waals surface area contributed by atoms with Crippen LogP contribution in [0.4, 0.5) is 5.13 Å². The minimum atomic E-state index is 0.640. The van der Waals surface area contributed by atoms with Gasteiger partial charge in [0.1, 0.15) is 0 Å². The number of thiophene rings is 1. The lowest BCUT2D eigenvalue weighted by atomic mass is 10.3. The van der Waals surface area contributed by atoms with Gasteiger partial charge in [0.25, 0.3) is 0 Å². The van der Waals surface area contributed by atoms with Gasteiger partial charge >= 0.3 is 0 Å². The lowest BCUT2D eigenvalue weighted by Crippen LogP contribution is -2.45. The van der Waals surface area contributed by atoms with Crippen molar-refractivity contribution in [1.29, 1.82) is 0 Å². The summed E-state index contributed by atoms with van der Waals surface area (Å²) in [5.74, 6) is 1.36. The molecule has 0 bridgehead atoms. The molecule has 3 aromatic rings. The lowest BCUT2D eigenvalue weighted by molar-refractivity contribution is 0.113. The van der Waals surface area contributed by atoms with Crippen LogP contribution in [0.3, 0.4) is 0 Å². The molecule has 1 aliphatic heterocycles. The zero-order valence-electron chi connectivity index (χ0n) is 13.1. The van der Waals surface area contributed by atoms with Gasteiger partial charge in [-0.2, -0.15) is 4.98 Å². The Morgan fingerprint density at radius 2 is 1.96 bits per heavy atom. The fourth-order valence-corrected chi connectivity index (χ4v) is 4.11. The van der Waals surface area contributed by atoms with E-state index in [0.717, 1.165) is 37.6 Å². The number of anilines is 1. The van der Waals surface area contributed by atoms with Gasteiger partial charge in [-0.25, -0.2) is 4.98 Å². The maximum absolute atomic E-state index is 5.69. The predicted molar refractivity (Wildman–Crippen MR) is 94.7 cm³/mol. The Labute approximate surface area is 147 Å². The Bertz CT molecular complexity index is 776. The number of thiazole rings is 1. The number of rotatable bonds is 5. The van der Waals surface area contributed by atoms with Crippen molar-refractivity contribution in [2.75, 3.05) is 31.9 Å². The van der Waals surface area contributed by atoms with Crippen LogP contribution in [-0.4, -0.2) is 51.1 Å². The maximum Gasteiger partial charge on any atom is 0.241 e. The number of nitrogens with two attached hydrogens (primary N) is 1. The third-order valence-electron chi connectivity index (χ3n) is 3.98. The van der Waals surface area contributed by atoms with E-state index in [1.165, 1.54) is 4.88 Å². The van der Waals surface area contributed by atoms with Crippen molar-refractivity contribution in [3.63, 3.8) is 0 Å². The first kappa shape index (κ1) is 15.7. The second kappa shape index (κ2) is 6.98. The van der Waals surface area contributed by atoms with Gasteiger partial charge in [-0.05, 0) is 11.4 Å². The Hall–Kier alpha value is -1.81. The van der Waals surface area contributed by atoms with Gasteiger partial charge in [0.15, 0.2) is 5.13 Å². The molecule has 9 heteroatoms. The Morgan fingerprint density at radius 3 is 2.62 bits per heavy atom. The molecule has 0 unspecified atom stereocenters. The first-order valence-corrected chi connectivity index (χ1v) is 9.47. The molecule has 0 radical (unpaired) electrons. The number of piperazine rings is 1. The van der Waals surface area contributed by atoms with E-state index in [2.05, 4.69) is 24.9 Å². The largest absolute Gasteiger partial charge is 0.375 e. The molecule has 4 heterocycles. The van der Waals surface area contributed by atoms with Crippen LogP contribution in [0.1, 0.15) is 10.8 Å². The van der Waals surface area contributed by atoms with Crippen LogP contribution in [0.25, 0.3) is 10.7 Å². The summed E-state index contributed by atoms with van der Waals surface area (Å²) < 4.78 is 5.39. The van der Waals surface area contributed by atoms with Gasteiger partial charge < -0.3 is 10.3 Å². The van der Waals surface area contributed by atoms with E-state index >= 15 is 0 Å². The molecule has 0 aliphatic carbocycles. The normalized spacial score (nSPS) is 16.7. The van der Waals surface area contributed by atoms with Crippen molar-refractivity contribution in [2.45, 2.75) is 13.1 Å². The molecular formula is C15H18N6OS2. The van der Waals surface area contributed by atoms with Crippen LogP contribution >= 0.6 is 22.7 Å². The molecule has 0 amide bonds. The standard InChI is InChI=1S/C15H18N6OS2/c16-15-17-8-11(24-15)9-20-3-5-21(6-4-20)10-13-18-14(19-22-13)12-2-1-7-23-12/h1-2,7-8H,3-6,9-10H2,(H2,16,17). The topological polar surface area (TPSA) is 84.3 Å². The smallest absolute Gasteiger partial charge is 0.241 e. The summed E-state index contributed by atoms with van der Waals surface area (Å²) >= 11 is 3.19. The van der Waals surface area contributed by atoms with Crippen molar-refractivity contribution in [3.8, 4) is 10.7 Å². The molecule has 0 saturated carbocycles. The van der Waals surface area contributed by atoms with E-state index in [4.69, 9.17) is 10.3 Å². The second-order valence-electron chi connectivity index (χ2n) is 5.71. The summed E-state index contributed by atoms with van der Waals surface area (Å²) in [5, 5.41) is 6.72. The Morgan fingerprint density at radius 1 is 1.17 bits per heavy atom. The van der Waals surface area contributed by atoms with E-state index in [1.54, 1.807) is 22.7 Å². The molecule has 1 saturated heterocycles. The van der Waals surface area contributed by atoms with Crippen molar-refractivity contribution < 1.29 is 4.52 Å². The molecule has 0 atom stereocenters. The van der Waals surface area contributed by atoms with Crippen LogP contribution in [0, 0.1) is 0 Å². The number of aromatic nitrogens is 3. The highest BCUT2D eigenvalue weighted by Gasteiger charge is 2.20. The Balaban J connectivity index is 1.29. The van der Waals surface area contributed by atoms with E-state index < -0.39 is 0 Å². The molecular weight excluding hydrogens is 344 g/mol. The molecule has 7 nitrogen and oxygen atoms in total. The molecule has 2 N–H and O–H groups in total. The quantitative estimate of drug-likeness (QED) is 0.744. The van der Waals surface area contributed by atoms with Crippen LogP contribution in [-0.2, 0) is 13.1 Å². The lowest BCUT2D eigenvalue weighted by Gasteiger charge is -2.33. The van der Waals surface area contributed by atoms with Gasteiger partial charge in [0.2, 0.25) is 11.7 Å². The molecule has 1 fully saturated rings. The predicted octanol–water partition coefficient (Wildman–Crippen LogP) is 2.15. The summed E-state index contributed by atoms with van der Waals surface area (Å²) in [6.45, 7) is 5.65. The van der Waals surface area contributed by atoms with E-state index in [0.29, 0.717) is 23.4 Å². The summed E-state index contributed by atoms with van der Waals surface area (Å²) in [5.41, 5.74) is 5.69. The minimum absolute atomic E-state index is 0.640. The van der Waals surface area contributed by atoms with Crippen molar-refractivity contribution in [1.82, 2.24) is 24.9 Å². The average molecular weight is 362 g/mol. The van der Waals surface area contributed by atoms with Crippen LogP contribution in [0.15, 0.2) is 28.2 Å². The first-order valence-electron chi connectivity index (χ1n) is 7.77. The third kappa shape index (κ3) is 3.64.